The largest absolute Gasteiger partial charge is 0.495 e. The fourth-order valence-electron chi connectivity index (χ4n) is 0.870. The Morgan fingerprint density at radius 3 is 2.79 bits per heavy atom. The molecule has 0 radical (unpaired) electrons. The molecule has 4 heteroatoms. The Morgan fingerprint density at radius 2 is 2.29 bits per heavy atom. The minimum atomic E-state index is -1.17. The summed E-state index contributed by atoms with van der Waals surface area (Å²) in [6.45, 7) is 0. The van der Waals surface area contributed by atoms with Crippen LogP contribution in [0.25, 0.3) is 0 Å². The van der Waals surface area contributed by atoms with E-state index in [4.69, 9.17) is 21.4 Å². The first kappa shape index (κ1) is 10.4. The third kappa shape index (κ3) is 2.68. The van der Waals surface area contributed by atoms with Gasteiger partial charge in [0.15, 0.2) is 0 Å². The molecule has 0 aliphatic carbocycles. The van der Waals surface area contributed by atoms with Crippen LogP contribution in [0, 0.1) is 11.8 Å². The lowest BCUT2D eigenvalue weighted by molar-refractivity contribution is -0.130. The number of rotatable bonds is 1. The van der Waals surface area contributed by atoms with Gasteiger partial charge in [0.2, 0.25) is 0 Å². The van der Waals surface area contributed by atoms with Crippen molar-refractivity contribution in [1.29, 1.82) is 0 Å². The first-order valence-corrected chi connectivity index (χ1v) is 4.10. The van der Waals surface area contributed by atoms with E-state index in [0.29, 0.717) is 16.3 Å². The molecule has 1 aromatic carbocycles. The summed E-state index contributed by atoms with van der Waals surface area (Å²) in [4.78, 5) is 10.1. The molecular weight excluding hydrogens is 204 g/mol. The first-order chi connectivity index (χ1) is 6.63. The molecule has 3 nitrogen and oxygen atoms in total. The molecule has 14 heavy (non-hydrogen) atoms. The highest BCUT2D eigenvalue weighted by atomic mass is 35.5. The summed E-state index contributed by atoms with van der Waals surface area (Å²) in [6.07, 6.45) is 0. The van der Waals surface area contributed by atoms with Crippen molar-refractivity contribution in [3.05, 3.63) is 28.8 Å². The predicted molar refractivity (Wildman–Crippen MR) is 52.5 cm³/mol. The molecule has 0 heterocycles. The van der Waals surface area contributed by atoms with Crippen LogP contribution in [0.15, 0.2) is 18.2 Å². The molecule has 0 fully saturated rings. The zero-order valence-corrected chi connectivity index (χ0v) is 8.13. The molecule has 0 aliphatic rings. The van der Waals surface area contributed by atoms with Crippen molar-refractivity contribution in [3.63, 3.8) is 0 Å². The van der Waals surface area contributed by atoms with Gasteiger partial charge in [-0.2, -0.15) is 0 Å². The van der Waals surface area contributed by atoms with Crippen molar-refractivity contribution < 1.29 is 14.6 Å². The summed E-state index contributed by atoms with van der Waals surface area (Å²) in [7, 11) is 1.50. The molecule has 1 rings (SSSR count). The van der Waals surface area contributed by atoms with Crippen molar-refractivity contribution in [3.8, 4) is 17.6 Å². The van der Waals surface area contributed by atoms with E-state index < -0.39 is 5.97 Å². The fraction of sp³-hybridized carbons (Fsp3) is 0.100. The number of methoxy groups -OCH3 is 1. The lowest BCUT2D eigenvalue weighted by Gasteiger charge is -2.01. The maximum atomic E-state index is 10.1. The average molecular weight is 211 g/mol. The van der Waals surface area contributed by atoms with Gasteiger partial charge < -0.3 is 9.84 Å². The second kappa shape index (κ2) is 4.54. The van der Waals surface area contributed by atoms with Gasteiger partial charge in [-0.25, -0.2) is 4.79 Å². The quantitative estimate of drug-likeness (QED) is 0.719. The van der Waals surface area contributed by atoms with Crippen molar-refractivity contribution in [2.75, 3.05) is 7.11 Å². The highest BCUT2D eigenvalue weighted by Crippen LogP contribution is 2.24. The van der Waals surface area contributed by atoms with Crippen LogP contribution in [0.3, 0.4) is 0 Å². The van der Waals surface area contributed by atoms with E-state index in [1.54, 1.807) is 18.2 Å². The molecule has 1 aromatic rings. The summed E-state index contributed by atoms with van der Waals surface area (Å²) in [6, 6.07) is 4.82. The molecule has 0 unspecified atom stereocenters. The summed E-state index contributed by atoms with van der Waals surface area (Å²) in [5.74, 6) is 3.81. The Morgan fingerprint density at radius 1 is 1.57 bits per heavy atom. The van der Waals surface area contributed by atoms with Gasteiger partial charge in [-0.1, -0.05) is 17.5 Å². The van der Waals surface area contributed by atoms with Crippen molar-refractivity contribution >= 4 is 17.6 Å². The molecule has 0 saturated heterocycles. The molecule has 0 atom stereocenters. The molecule has 0 spiro atoms. The maximum Gasteiger partial charge on any atom is 0.382 e. The van der Waals surface area contributed by atoms with E-state index in [0.717, 1.165) is 0 Å². The second-order valence-electron chi connectivity index (χ2n) is 2.40. The number of hydrogen-bond acceptors (Lipinski definition) is 2. The van der Waals surface area contributed by atoms with Gasteiger partial charge in [-0.15, -0.1) is 0 Å². The summed E-state index contributed by atoms with van der Waals surface area (Å²) in [5.41, 5.74) is 0.540. The Hall–Kier alpha value is -1.66. The Labute approximate surface area is 86.3 Å². The van der Waals surface area contributed by atoms with Crippen molar-refractivity contribution in [2.45, 2.75) is 0 Å². The number of carboxylic acids is 1. The van der Waals surface area contributed by atoms with Gasteiger partial charge in [-0.3, -0.25) is 0 Å². The fourth-order valence-corrected chi connectivity index (χ4v) is 1.13. The lowest BCUT2D eigenvalue weighted by Crippen LogP contribution is -1.88. The van der Waals surface area contributed by atoms with Gasteiger partial charge >= 0.3 is 5.97 Å². The van der Waals surface area contributed by atoms with Crippen LogP contribution in [0.2, 0.25) is 5.02 Å². The lowest BCUT2D eigenvalue weighted by atomic mass is 10.2. The van der Waals surface area contributed by atoms with E-state index in [2.05, 4.69) is 5.92 Å². The van der Waals surface area contributed by atoms with Crippen LogP contribution in [0.1, 0.15) is 5.56 Å². The molecular formula is C10H7ClO3. The number of carbonyl (C=O) groups is 1. The van der Waals surface area contributed by atoms with Crippen LogP contribution < -0.4 is 4.74 Å². The van der Waals surface area contributed by atoms with Gasteiger partial charge in [0, 0.05) is 11.5 Å². The van der Waals surface area contributed by atoms with Gasteiger partial charge in [0.1, 0.15) is 5.75 Å². The molecule has 72 valence electrons. The number of ether oxygens (including phenoxy) is 1. The number of hydrogen-bond donors (Lipinski definition) is 1. The minimum Gasteiger partial charge on any atom is -0.495 e. The van der Waals surface area contributed by atoms with Crippen LogP contribution in [0.5, 0.6) is 5.75 Å². The smallest absolute Gasteiger partial charge is 0.382 e. The molecule has 1 N–H and O–H groups in total. The minimum absolute atomic E-state index is 0.407. The SMILES string of the molecule is COc1ccc(C#CC(=O)O)cc1Cl. The normalized spacial score (nSPS) is 8.71. The highest BCUT2D eigenvalue weighted by Gasteiger charge is 1.99. The standard InChI is InChI=1S/C10H7ClO3/c1-14-9-4-2-7(6-8(9)11)3-5-10(12)13/h2,4,6H,1H3,(H,12,13). The predicted octanol–water partition coefficient (Wildman–Crippen LogP) is 1.78. The topological polar surface area (TPSA) is 46.5 Å². The van der Waals surface area contributed by atoms with E-state index in [1.807, 2.05) is 5.92 Å². The highest BCUT2D eigenvalue weighted by molar-refractivity contribution is 6.32. The molecule has 0 saturated carbocycles. The third-order valence-corrected chi connectivity index (χ3v) is 1.76. The zero-order valence-electron chi connectivity index (χ0n) is 7.37. The summed E-state index contributed by atoms with van der Waals surface area (Å²) in [5, 5.41) is 8.72. The Balaban J connectivity index is 2.99. The molecule has 0 bridgehead atoms. The van der Waals surface area contributed by atoms with Gasteiger partial charge in [0.25, 0.3) is 0 Å². The van der Waals surface area contributed by atoms with Gasteiger partial charge in [0.05, 0.1) is 12.1 Å². The maximum absolute atomic E-state index is 10.1. The van der Waals surface area contributed by atoms with Crippen LogP contribution in [0.4, 0.5) is 0 Å². The number of carboxylic acid groups (broad SMARTS) is 1. The van der Waals surface area contributed by atoms with E-state index in [-0.39, 0.29) is 0 Å². The van der Waals surface area contributed by atoms with E-state index in [1.165, 1.54) is 7.11 Å². The van der Waals surface area contributed by atoms with E-state index >= 15 is 0 Å². The number of halogens is 1. The average Bonchev–Trinajstić information content (AvgIpc) is 2.15. The summed E-state index contributed by atoms with van der Waals surface area (Å²) >= 11 is 5.80. The zero-order chi connectivity index (χ0) is 10.6. The van der Waals surface area contributed by atoms with E-state index in [9.17, 15) is 4.79 Å². The number of benzene rings is 1. The Kier molecular flexibility index (Phi) is 3.38. The monoisotopic (exact) mass is 210 g/mol. The molecule has 0 aromatic heterocycles. The summed E-state index contributed by atoms with van der Waals surface area (Å²) < 4.78 is 4.93. The molecule has 0 aliphatic heterocycles. The molecule has 0 amide bonds. The Bertz CT molecular complexity index is 415. The number of aliphatic carboxylic acids is 1. The van der Waals surface area contributed by atoms with Crippen LogP contribution in [-0.4, -0.2) is 18.2 Å². The van der Waals surface area contributed by atoms with Crippen molar-refractivity contribution in [1.82, 2.24) is 0 Å². The third-order valence-electron chi connectivity index (χ3n) is 1.47. The van der Waals surface area contributed by atoms with Gasteiger partial charge in [-0.05, 0) is 18.2 Å². The van der Waals surface area contributed by atoms with Crippen molar-refractivity contribution in [2.24, 2.45) is 0 Å². The van der Waals surface area contributed by atoms with Crippen LogP contribution in [-0.2, 0) is 4.79 Å². The second-order valence-corrected chi connectivity index (χ2v) is 2.81. The first-order valence-electron chi connectivity index (χ1n) is 3.72. The van der Waals surface area contributed by atoms with Crippen LogP contribution >= 0.6 is 11.6 Å².